The summed E-state index contributed by atoms with van der Waals surface area (Å²) in [4.78, 5) is 14.1. The minimum atomic E-state index is -0.317. The number of para-hydroxylation sites is 1. The van der Waals surface area contributed by atoms with Crippen molar-refractivity contribution in [3.63, 3.8) is 0 Å². The predicted molar refractivity (Wildman–Crippen MR) is 107 cm³/mol. The first-order valence-corrected chi connectivity index (χ1v) is 10.4. The molecular weight excluding hydrogens is 398 g/mol. The lowest BCUT2D eigenvalue weighted by atomic mass is 10.3. The first kappa shape index (κ1) is 20.5. The smallest absolute Gasteiger partial charge is 0.235 e. The van der Waals surface area contributed by atoms with Gasteiger partial charge in [0.15, 0.2) is 11.0 Å². The number of halogens is 1. The number of nitrogens with zero attached hydrogens (tertiary/aromatic N) is 5. The molecule has 0 N–H and O–H groups in total. The van der Waals surface area contributed by atoms with Gasteiger partial charge in [-0.2, -0.15) is 5.26 Å². The number of aromatic nitrogens is 3. The van der Waals surface area contributed by atoms with Gasteiger partial charge in [0.2, 0.25) is 5.91 Å². The average molecular weight is 420 g/mol. The summed E-state index contributed by atoms with van der Waals surface area (Å²) in [6.45, 7) is 2.53. The number of rotatable bonds is 9. The second-order valence-electron chi connectivity index (χ2n) is 6.65. The van der Waals surface area contributed by atoms with Crippen LogP contribution in [0.25, 0.3) is 0 Å². The minimum Gasteiger partial charge on any atom is -0.484 e. The number of benzene rings is 1. The molecule has 28 heavy (non-hydrogen) atoms. The molecular formula is C19H22ClN5O2S. The Morgan fingerprint density at radius 1 is 1.46 bits per heavy atom. The highest BCUT2D eigenvalue weighted by Gasteiger charge is 2.31. The number of carbonyl (C=O) groups is 1. The summed E-state index contributed by atoms with van der Waals surface area (Å²) in [5.74, 6) is 1.30. The largest absolute Gasteiger partial charge is 0.484 e. The lowest BCUT2D eigenvalue weighted by Gasteiger charge is -2.20. The summed E-state index contributed by atoms with van der Waals surface area (Å²) in [5.41, 5.74) is 0. The zero-order chi connectivity index (χ0) is 20.1. The van der Waals surface area contributed by atoms with Gasteiger partial charge >= 0.3 is 0 Å². The van der Waals surface area contributed by atoms with Crippen molar-refractivity contribution >= 4 is 29.3 Å². The molecule has 0 saturated heterocycles. The van der Waals surface area contributed by atoms with E-state index in [1.807, 2.05) is 25.1 Å². The second-order valence-corrected chi connectivity index (χ2v) is 8.36. The highest BCUT2D eigenvalue weighted by molar-refractivity contribution is 8.00. The van der Waals surface area contributed by atoms with Gasteiger partial charge in [-0.3, -0.25) is 9.36 Å². The molecule has 0 aliphatic heterocycles. The molecule has 148 valence electrons. The molecule has 0 radical (unpaired) electrons. The number of nitriles is 1. The third-order valence-corrected chi connectivity index (χ3v) is 5.76. The third-order valence-electron chi connectivity index (χ3n) is 4.41. The van der Waals surface area contributed by atoms with E-state index in [2.05, 4.69) is 20.8 Å². The third kappa shape index (κ3) is 4.97. The fourth-order valence-corrected chi connectivity index (χ4v) is 3.98. The Bertz CT molecular complexity index is 877. The monoisotopic (exact) mass is 419 g/mol. The van der Waals surface area contributed by atoms with Gasteiger partial charge in [0.25, 0.3) is 0 Å². The van der Waals surface area contributed by atoms with E-state index >= 15 is 0 Å². The van der Waals surface area contributed by atoms with Gasteiger partial charge in [0.05, 0.1) is 22.8 Å². The van der Waals surface area contributed by atoms with E-state index in [4.69, 9.17) is 21.6 Å². The Labute approximate surface area is 173 Å². The van der Waals surface area contributed by atoms with E-state index in [1.165, 1.54) is 11.8 Å². The van der Waals surface area contributed by atoms with Gasteiger partial charge in [-0.15, -0.1) is 10.2 Å². The minimum absolute atomic E-state index is 0.0283. The Hall–Kier alpha value is -2.24. The lowest BCUT2D eigenvalue weighted by molar-refractivity contribution is -0.128. The number of carbonyl (C=O) groups excluding carboxylic acids is 1. The molecule has 1 aliphatic carbocycles. The van der Waals surface area contributed by atoms with Crippen molar-refractivity contribution < 1.29 is 9.53 Å². The fraction of sp³-hybridized carbons (Fsp3) is 0.474. The SMILES string of the molecule is C[C@H](Sc1nnc(COc2ccccc2Cl)n1C1CC1)C(=O)N(C)CCC#N. The van der Waals surface area contributed by atoms with E-state index in [-0.39, 0.29) is 17.8 Å². The topological polar surface area (TPSA) is 84.0 Å². The van der Waals surface area contributed by atoms with E-state index < -0.39 is 0 Å². The fourth-order valence-electron chi connectivity index (χ4n) is 2.74. The highest BCUT2D eigenvalue weighted by Crippen LogP contribution is 2.40. The first-order chi connectivity index (χ1) is 13.5. The van der Waals surface area contributed by atoms with Gasteiger partial charge in [0.1, 0.15) is 12.4 Å². The molecule has 1 amide bonds. The Kier molecular flexibility index (Phi) is 6.81. The van der Waals surface area contributed by atoms with Gasteiger partial charge in [-0.25, -0.2) is 0 Å². The van der Waals surface area contributed by atoms with E-state index in [0.29, 0.717) is 29.8 Å². The molecule has 7 nitrogen and oxygen atoms in total. The predicted octanol–water partition coefficient (Wildman–Crippen LogP) is 3.70. The Morgan fingerprint density at radius 3 is 2.89 bits per heavy atom. The molecule has 1 heterocycles. The molecule has 2 aromatic rings. The van der Waals surface area contributed by atoms with E-state index in [0.717, 1.165) is 23.8 Å². The van der Waals surface area contributed by atoms with Gasteiger partial charge in [-0.05, 0) is 31.9 Å². The van der Waals surface area contributed by atoms with Crippen LogP contribution >= 0.6 is 23.4 Å². The van der Waals surface area contributed by atoms with Crippen molar-refractivity contribution in [3.05, 3.63) is 35.1 Å². The van der Waals surface area contributed by atoms with Crippen LogP contribution in [-0.4, -0.2) is 44.4 Å². The van der Waals surface area contributed by atoms with Crippen molar-refractivity contribution in [2.24, 2.45) is 0 Å². The summed E-state index contributed by atoms with van der Waals surface area (Å²) in [7, 11) is 1.71. The average Bonchev–Trinajstić information content (AvgIpc) is 3.46. The molecule has 1 aromatic heterocycles. The normalized spacial score (nSPS) is 14.4. The van der Waals surface area contributed by atoms with E-state index in [1.54, 1.807) is 18.0 Å². The van der Waals surface area contributed by atoms with Crippen molar-refractivity contribution in [3.8, 4) is 11.8 Å². The first-order valence-electron chi connectivity index (χ1n) is 9.11. The molecule has 1 saturated carbocycles. The Morgan fingerprint density at radius 2 is 2.21 bits per heavy atom. The van der Waals surface area contributed by atoms with Gasteiger partial charge in [-0.1, -0.05) is 35.5 Å². The van der Waals surface area contributed by atoms with Crippen LogP contribution in [0.1, 0.15) is 38.1 Å². The van der Waals surface area contributed by atoms with Crippen LogP contribution in [0.3, 0.4) is 0 Å². The molecule has 1 aromatic carbocycles. The molecule has 0 spiro atoms. The van der Waals surface area contributed by atoms with Crippen LogP contribution < -0.4 is 4.74 Å². The quantitative estimate of drug-likeness (QED) is 0.576. The van der Waals surface area contributed by atoms with Crippen LogP contribution in [0.15, 0.2) is 29.4 Å². The van der Waals surface area contributed by atoms with Crippen molar-refractivity contribution in [2.45, 2.75) is 49.2 Å². The van der Waals surface area contributed by atoms with Crippen LogP contribution in [-0.2, 0) is 11.4 Å². The van der Waals surface area contributed by atoms with Crippen molar-refractivity contribution in [2.75, 3.05) is 13.6 Å². The van der Waals surface area contributed by atoms with Gasteiger partial charge in [0, 0.05) is 19.6 Å². The molecule has 1 atom stereocenters. The van der Waals surface area contributed by atoms with Crippen LogP contribution in [0.2, 0.25) is 5.02 Å². The molecule has 3 rings (SSSR count). The molecule has 1 aliphatic rings. The van der Waals surface area contributed by atoms with Crippen LogP contribution in [0, 0.1) is 11.3 Å². The number of ether oxygens (including phenoxy) is 1. The zero-order valence-corrected chi connectivity index (χ0v) is 17.4. The van der Waals surface area contributed by atoms with Crippen molar-refractivity contribution in [1.82, 2.24) is 19.7 Å². The summed E-state index contributed by atoms with van der Waals surface area (Å²) in [5, 5.41) is 18.2. The van der Waals surface area contributed by atoms with E-state index in [9.17, 15) is 4.79 Å². The van der Waals surface area contributed by atoms with Crippen LogP contribution in [0.4, 0.5) is 0 Å². The number of thioether (sulfide) groups is 1. The van der Waals surface area contributed by atoms with Crippen LogP contribution in [0.5, 0.6) is 5.75 Å². The molecule has 1 fully saturated rings. The summed E-state index contributed by atoms with van der Waals surface area (Å²) in [6, 6.07) is 9.71. The molecule has 0 unspecified atom stereocenters. The highest BCUT2D eigenvalue weighted by atomic mass is 35.5. The maximum atomic E-state index is 12.5. The summed E-state index contributed by atoms with van der Waals surface area (Å²) < 4.78 is 7.89. The number of amides is 1. The zero-order valence-electron chi connectivity index (χ0n) is 15.8. The molecule has 9 heteroatoms. The maximum absolute atomic E-state index is 12.5. The van der Waals surface area contributed by atoms with Crippen molar-refractivity contribution in [1.29, 1.82) is 5.26 Å². The Balaban J connectivity index is 1.68. The lowest BCUT2D eigenvalue weighted by Crippen LogP contribution is -2.34. The summed E-state index contributed by atoms with van der Waals surface area (Å²) >= 11 is 7.53. The molecule has 0 bridgehead atoms. The second kappa shape index (κ2) is 9.30. The number of hydrogen-bond donors (Lipinski definition) is 0. The maximum Gasteiger partial charge on any atom is 0.235 e. The van der Waals surface area contributed by atoms with Gasteiger partial charge < -0.3 is 9.64 Å². The standard InChI is InChI=1S/C19H22ClN5O2S/c1-13(18(26)24(2)11-5-10-21)28-19-23-22-17(25(19)14-8-9-14)12-27-16-7-4-3-6-15(16)20/h3-4,6-7,13-14H,5,8-9,11-12H2,1-2H3/t13-/m0/s1. The summed E-state index contributed by atoms with van der Waals surface area (Å²) in [6.07, 6.45) is 2.45. The number of hydrogen-bond acceptors (Lipinski definition) is 6.